The summed E-state index contributed by atoms with van der Waals surface area (Å²) in [7, 11) is 0. The second-order valence-electron chi connectivity index (χ2n) is 4.29. The quantitative estimate of drug-likeness (QED) is 0.823. The number of ether oxygens (including phenoxy) is 2. The van der Waals surface area contributed by atoms with E-state index in [-0.39, 0.29) is 11.9 Å². The predicted octanol–water partition coefficient (Wildman–Crippen LogP) is 3.72. The Morgan fingerprint density at radius 3 is 2.47 bits per heavy atom. The van der Waals surface area contributed by atoms with Crippen molar-refractivity contribution in [3.63, 3.8) is 0 Å². The van der Waals surface area contributed by atoms with Crippen molar-refractivity contribution in [3.05, 3.63) is 29.8 Å². The molecule has 1 fully saturated rings. The molecule has 0 bridgehead atoms. The summed E-state index contributed by atoms with van der Waals surface area (Å²) < 4.78 is 45.4. The first-order chi connectivity index (χ1) is 8.98. The minimum absolute atomic E-state index is 0.238. The molecule has 0 aliphatic carbocycles. The SMILES string of the molecule is N#C[C@@H]1CCC[C@H](c2ccc(OC(F)(F)F)cc2)O1. The molecule has 0 aromatic heterocycles. The number of rotatable bonds is 2. The standard InChI is InChI=1S/C13H12F3NO2/c14-13(15,16)19-10-6-4-9(5-7-10)12-3-1-2-11(8-17)18-12/h4-7,11-12H,1-3H2/t11-,12+/m0/s1. The van der Waals surface area contributed by atoms with Crippen LogP contribution in [0.4, 0.5) is 13.2 Å². The number of hydrogen-bond acceptors (Lipinski definition) is 3. The molecule has 0 radical (unpaired) electrons. The van der Waals surface area contributed by atoms with Gasteiger partial charge in [0.15, 0.2) is 0 Å². The van der Waals surface area contributed by atoms with E-state index in [4.69, 9.17) is 10.00 Å². The second kappa shape index (κ2) is 5.49. The molecule has 0 saturated carbocycles. The van der Waals surface area contributed by atoms with Gasteiger partial charge < -0.3 is 9.47 Å². The summed E-state index contributed by atoms with van der Waals surface area (Å²) >= 11 is 0. The van der Waals surface area contributed by atoms with Gasteiger partial charge in [-0.15, -0.1) is 13.2 Å². The molecule has 6 heteroatoms. The third-order valence-corrected chi connectivity index (χ3v) is 2.89. The summed E-state index contributed by atoms with van der Waals surface area (Å²) in [6, 6.07) is 7.62. The number of alkyl halides is 3. The maximum absolute atomic E-state index is 12.0. The zero-order chi connectivity index (χ0) is 13.9. The van der Waals surface area contributed by atoms with Gasteiger partial charge in [-0.2, -0.15) is 5.26 Å². The summed E-state index contributed by atoms with van der Waals surface area (Å²) in [5, 5.41) is 8.81. The molecule has 1 aromatic carbocycles. The Bertz CT molecular complexity index is 464. The van der Waals surface area contributed by atoms with E-state index in [1.807, 2.05) is 0 Å². The van der Waals surface area contributed by atoms with Gasteiger partial charge in [-0.05, 0) is 37.0 Å². The van der Waals surface area contributed by atoms with Crippen LogP contribution in [0, 0.1) is 11.3 Å². The molecule has 102 valence electrons. The van der Waals surface area contributed by atoms with Crippen LogP contribution in [0.15, 0.2) is 24.3 Å². The molecule has 1 saturated heterocycles. The van der Waals surface area contributed by atoms with Gasteiger partial charge in [0.2, 0.25) is 0 Å². The Morgan fingerprint density at radius 2 is 1.89 bits per heavy atom. The summed E-state index contributed by atoms with van der Waals surface area (Å²) in [4.78, 5) is 0. The van der Waals surface area contributed by atoms with Crippen LogP contribution in [0.25, 0.3) is 0 Å². The van der Waals surface area contributed by atoms with Crippen molar-refractivity contribution < 1.29 is 22.6 Å². The average Bonchev–Trinajstić information content (AvgIpc) is 2.38. The molecule has 2 rings (SSSR count). The largest absolute Gasteiger partial charge is 0.573 e. The normalized spacial score (nSPS) is 23.7. The highest BCUT2D eigenvalue weighted by Crippen LogP contribution is 2.32. The van der Waals surface area contributed by atoms with Gasteiger partial charge in [-0.3, -0.25) is 0 Å². The summed E-state index contributed by atoms with van der Waals surface area (Å²) in [5.41, 5.74) is 0.759. The Morgan fingerprint density at radius 1 is 1.21 bits per heavy atom. The van der Waals surface area contributed by atoms with E-state index < -0.39 is 12.5 Å². The molecule has 0 unspecified atom stereocenters. The van der Waals surface area contributed by atoms with Crippen LogP contribution >= 0.6 is 0 Å². The minimum atomic E-state index is -4.69. The molecule has 0 amide bonds. The zero-order valence-electron chi connectivity index (χ0n) is 9.98. The van der Waals surface area contributed by atoms with E-state index >= 15 is 0 Å². The van der Waals surface area contributed by atoms with Gasteiger partial charge in [0.25, 0.3) is 0 Å². The van der Waals surface area contributed by atoms with E-state index in [0.29, 0.717) is 6.42 Å². The lowest BCUT2D eigenvalue weighted by molar-refractivity contribution is -0.274. The Hall–Kier alpha value is -1.74. The highest BCUT2D eigenvalue weighted by Gasteiger charge is 2.31. The molecule has 0 N–H and O–H groups in total. The van der Waals surface area contributed by atoms with Crippen LogP contribution < -0.4 is 4.74 Å². The van der Waals surface area contributed by atoms with Gasteiger partial charge >= 0.3 is 6.36 Å². The predicted molar refractivity (Wildman–Crippen MR) is 60.2 cm³/mol. The molecular weight excluding hydrogens is 259 g/mol. The summed E-state index contributed by atoms with van der Waals surface area (Å²) in [6.07, 6.45) is -3.04. The monoisotopic (exact) mass is 271 g/mol. The van der Waals surface area contributed by atoms with Crippen molar-refractivity contribution in [2.45, 2.75) is 37.8 Å². The van der Waals surface area contributed by atoms with Crippen LogP contribution in [0.3, 0.4) is 0 Å². The third kappa shape index (κ3) is 3.86. The van der Waals surface area contributed by atoms with Crippen LogP contribution in [0.1, 0.15) is 30.9 Å². The fourth-order valence-corrected chi connectivity index (χ4v) is 2.05. The Balaban J connectivity index is 2.04. The number of nitriles is 1. The van der Waals surface area contributed by atoms with Crippen LogP contribution in [-0.4, -0.2) is 12.5 Å². The summed E-state index contributed by atoms with van der Waals surface area (Å²) in [6.45, 7) is 0. The van der Waals surface area contributed by atoms with Crippen molar-refractivity contribution in [2.75, 3.05) is 0 Å². The lowest BCUT2D eigenvalue weighted by atomic mass is 9.99. The van der Waals surface area contributed by atoms with Crippen molar-refractivity contribution >= 4 is 0 Å². The average molecular weight is 271 g/mol. The van der Waals surface area contributed by atoms with Crippen LogP contribution in [0.2, 0.25) is 0 Å². The number of nitrogens with zero attached hydrogens (tertiary/aromatic N) is 1. The smallest absolute Gasteiger partial charge is 0.406 e. The molecule has 3 nitrogen and oxygen atoms in total. The highest BCUT2D eigenvalue weighted by atomic mass is 19.4. The van der Waals surface area contributed by atoms with E-state index in [9.17, 15) is 13.2 Å². The first kappa shape index (κ1) is 13.7. The first-order valence-electron chi connectivity index (χ1n) is 5.89. The van der Waals surface area contributed by atoms with Crippen molar-refractivity contribution in [1.82, 2.24) is 0 Å². The Kier molecular flexibility index (Phi) is 3.96. The first-order valence-corrected chi connectivity index (χ1v) is 5.89. The van der Waals surface area contributed by atoms with Crippen LogP contribution in [-0.2, 0) is 4.74 Å². The molecule has 1 aliphatic rings. The van der Waals surface area contributed by atoms with Gasteiger partial charge in [-0.25, -0.2) is 0 Å². The fraction of sp³-hybridized carbons (Fsp3) is 0.462. The molecule has 1 aliphatic heterocycles. The van der Waals surface area contributed by atoms with E-state index in [2.05, 4.69) is 10.8 Å². The zero-order valence-corrected chi connectivity index (χ0v) is 9.98. The molecule has 1 aromatic rings. The van der Waals surface area contributed by atoms with E-state index in [0.717, 1.165) is 18.4 Å². The van der Waals surface area contributed by atoms with Crippen LogP contribution in [0.5, 0.6) is 5.75 Å². The minimum Gasteiger partial charge on any atom is -0.406 e. The molecule has 0 spiro atoms. The maximum atomic E-state index is 12.0. The van der Waals surface area contributed by atoms with E-state index in [1.165, 1.54) is 24.3 Å². The number of hydrogen-bond donors (Lipinski definition) is 0. The molecular formula is C13H12F3NO2. The topological polar surface area (TPSA) is 42.2 Å². The maximum Gasteiger partial charge on any atom is 0.573 e. The van der Waals surface area contributed by atoms with Gasteiger partial charge in [0.05, 0.1) is 12.2 Å². The third-order valence-electron chi connectivity index (χ3n) is 2.89. The van der Waals surface area contributed by atoms with Gasteiger partial charge in [0.1, 0.15) is 11.9 Å². The fourth-order valence-electron chi connectivity index (χ4n) is 2.05. The number of halogens is 3. The van der Waals surface area contributed by atoms with Crippen molar-refractivity contribution in [1.29, 1.82) is 5.26 Å². The summed E-state index contributed by atoms with van der Waals surface area (Å²) in [5.74, 6) is -0.260. The molecule has 2 atom stereocenters. The Labute approximate surface area is 108 Å². The molecule has 19 heavy (non-hydrogen) atoms. The lowest BCUT2D eigenvalue weighted by Crippen LogP contribution is -2.21. The van der Waals surface area contributed by atoms with E-state index in [1.54, 1.807) is 0 Å². The van der Waals surface area contributed by atoms with Crippen molar-refractivity contribution in [3.8, 4) is 11.8 Å². The van der Waals surface area contributed by atoms with Crippen molar-refractivity contribution in [2.24, 2.45) is 0 Å². The van der Waals surface area contributed by atoms with Gasteiger partial charge in [0, 0.05) is 0 Å². The highest BCUT2D eigenvalue weighted by molar-refractivity contribution is 5.29. The lowest BCUT2D eigenvalue weighted by Gasteiger charge is -2.26. The van der Waals surface area contributed by atoms with Gasteiger partial charge in [-0.1, -0.05) is 12.1 Å². The number of benzene rings is 1. The second-order valence-corrected chi connectivity index (χ2v) is 4.29. The molecule has 1 heterocycles.